The molecule has 2 aromatic rings. The summed E-state index contributed by atoms with van der Waals surface area (Å²) in [5.74, 6) is 0.0213. The highest BCUT2D eigenvalue weighted by Gasteiger charge is 2.32. The lowest BCUT2D eigenvalue weighted by molar-refractivity contribution is -0.274. The van der Waals surface area contributed by atoms with Crippen LogP contribution in [0.4, 0.5) is 29.5 Å². The van der Waals surface area contributed by atoms with Gasteiger partial charge in [0.05, 0.1) is 5.69 Å². The van der Waals surface area contributed by atoms with Crippen molar-refractivity contribution in [2.75, 3.05) is 18.4 Å². The van der Waals surface area contributed by atoms with Crippen molar-refractivity contribution in [2.45, 2.75) is 25.3 Å². The lowest BCUT2D eigenvalue weighted by Gasteiger charge is -2.29. The van der Waals surface area contributed by atoms with Gasteiger partial charge in [-0.05, 0) is 18.2 Å². The molecule has 0 aliphatic carbocycles. The molecule has 1 amide bonds. The Kier molecular flexibility index (Phi) is 6.30. The molecule has 0 saturated carbocycles. The molecule has 0 atom stereocenters. The number of nitrogens with one attached hydrogen (secondary N) is 1. The van der Waals surface area contributed by atoms with Crippen molar-refractivity contribution in [3.8, 4) is 11.6 Å². The summed E-state index contributed by atoms with van der Waals surface area (Å²) in [5.41, 5.74) is 0.0601. The van der Waals surface area contributed by atoms with Crippen LogP contribution in [0.25, 0.3) is 0 Å². The van der Waals surface area contributed by atoms with E-state index in [4.69, 9.17) is 9.84 Å². The third-order valence-corrected chi connectivity index (χ3v) is 4.57. The van der Waals surface area contributed by atoms with E-state index < -0.39 is 18.2 Å². The number of hydrogen-bond acceptors (Lipinski definition) is 6. The van der Waals surface area contributed by atoms with E-state index in [1.54, 1.807) is 6.07 Å². The molecule has 0 radical (unpaired) electrons. The van der Waals surface area contributed by atoms with Crippen LogP contribution in [0.15, 0.2) is 35.1 Å². The standard InChI is InChI=1S/C17H16BrF3N4O4/c18-10-1-2-12(13(7-10)29-17(19,20)21)24-14-8-15(23-9-22-14)28-11-3-5-25(6-4-11)16(26)27/h1-2,7-9,11H,3-6H2,(H,26,27)(H,22,23,24). The van der Waals surface area contributed by atoms with Crippen LogP contribution < -0.4 is 14.8 Å². The summed E-state index contributed by atoms with van der Waals surface area (Å²) in [4.78, 5) is 20.2. The van der Waals surface area contributed by atoms with Crippen LogP contribution in [0, 0.1) is 0 Å². The summed E-state index contributed by atoms with van der Waals surface area (Å²) in [6.45, 7) is 0.709. The van der Waals surface area contributed by atoms with E-state index in [1.165, 1.54) is 29.4 Å². The van der Waals surface area contributed by atoms with Crippen molar-refractivity contribution in [1.82, 2.24) is 14.9 Å². The fraction of sp³-hybridized carbons (Fsp3) is 0.353. The van der Waals surface area contributed by atoms with Crippen LogP contribution in [0.1, 0.15) is 12.8 Å². The summed E-state index contributed by atoms with van der Waals surface area (Å²) in [5, 5.41) is 11.7. The Hall–Kier alpha value is -2.76. The molecule has 1 aromatic carbocycles. The molecule has 1 aromatic heterocycles. The van der Waals surface area contributed by atoms with Gasteiger partial charge in [-0.15, -0.1) is 13.2 Å². The second-order valence-electron chi connectivity index (χ2n) is 6.14. The Balaban J connectivity index is 1.69. The predicted octanol–water partition coefficient (Wildman–Crippen LogP) is 4.40. The van der Waals surface area contributed by atoms with Gasteiger partial charge in [-0.2, -0.15) is 0 Å². The van der Waals surface area contributed by atoms with E-state index in [-0.39, 0.29) is 23.5 Å². The van der Waals surface area contributed by atoms with Crippen LogP contribution in [-0.4, -0.2) is 51.6 Å². The van der Waals surface area contributed by atoms with Gasteiger partial charge in [0.25, 0.3) is 0 Å². The first-order chi connectivity index (χ1) is 13.7. The number of likely N-dealkylation sites (tertiary alicyclic amines) is 1. The van der Waals surface area contributed by atoms with Gasteiger partial charge in [0.1, 0.15) is 18.2 Å². The molecule has 1 fully saturated rings. The molecule has 156 valence electrons. The van der Waals surface area contributed by atoms with Crippen molar-refractivity contribution in [3.63, 3.8) is 0 Å². The largest absolute Gasteiger partial charge is 0.573 e. The lowest BCUT2D eigenvalue weighted by Crippen LogP contribution is -2.41. The number of piperidine rings is 1. The second-order valence-corrected chi connectivity index (χ2v) is 7.06. The van der Waals surface area contributed by atoms with E-state index in [0.29, 0.717) is 30.4 Å². The van der Waals surface area contributed by atoms with Gasteiger partial charge >= 0.3 is 12.5 Å². The molecular weight excluding hydrogens is 461 g/mol. The van der Waals surface area contributed by atoms with Crippen molar-refractivity contribution < 1.29 is 32.5 Å². The third kappa shape index (κ3) is 6.11. The number of rotatable bonds is 5. The lowest BCUT2D eigenvalue weighted by atomic mass is 10.1. The van der Waals surface area contributed by atoms with Crippen molar-refractivity contribution >= 4 is 33.5 Å². The molecule has 0 bridgehead atoms. The van der Waals surface area contributed by atoms with E-state index in [9.17, 15) is 18.0 Å². The van der Waals surface area contributed by atoms with Gasteiger partial charge in [-0.1, -0.05) is 15.9 Å². The normalized spacial score (nSPS) is 15.1. The molecule has 1 aliphatic heterocycles. The SMILES string of the molecule is O=C(O)N1CCC(Oc2cc(Nc3ccc(Br)cc3OC(F)(F)F)ncn2)CC1. The molecule has 29 heavy (non-hydrogen) atoms. The maximum atomic E-state index is 12.6. The van der Waals surface area contributed by atoms with Gasteiger partial charge in [-0.3, -0.25) is 0 Å². The molecule has 0 unspecified atom stereocenters. The Morgan fingerprint density at radius 1 is 1.24 bits per heavy atom. The molecule has 8 nitrogen and oxygen atoms in total. The van der Waals surface area contributed by atoms with Gasteiger partial charge in [0.2, 0.25) is 5.88 Å². The minimum Gasteiger partial charge on any atom is -0.474 e. The smallest absolute Gasteiger partial charge is 0.474 e. The highest BCUT2D eigenvalue weighted by Crippen LogP contribution is 2.34. The zero-order chi connectivity index (χ0) is 21.0. The Morgan fingerprint density at radius 2 is 1.97 bits per heavy atom. The van der Waals surface area contributed by atoms with E-state index in [0.717, 1.165) is 0 Å². The number of nitrogens with zero attached hydrogens (tertiary/aromatic N) is 3. The summed E-state index contributed by atoms with van der Waals surface area (Å²) in [7, 11) is 0. The van der Waals surface area contributed by atoms with Crippen LogP contribution in [0.3, 0.4) is 0 Å². The predicted molar refractivity (Wildman–Crippen MR) is 99.4 cm³/mol. The summed E-state index contributed by atoms with van der Waals surface area (Å²) >= 11 is 3.11. The Morgan fingerprint density at radius 3 is 2.62 bits per heavy atom. The number of halogens is 4. The van der Waals surface area contributed by atoms with E-state index >= 15 is 0 Å². The Labute approximate surface area is 171 Å². The summed E-state index contributed by atoms with van der Waals surface area (Å²) < 4.78 is 48.2. The molecule has 3 rings (SSSR count). The average Bonchev–Trinajstić information content (AvgIpc) is 2.63. The van der Waals surface area contributed by atoms with Gasteiger partial charge < -0.3 is 24.8 Å². The highest BCUT2D eigenvalue weighted by molar-refractivity contribution is 9.10. The number of ether oxygens (including phenoxy) is 2. The average molecular weight is 477 g/mol. The molecular formula is C17H16BrF3N4O4. The van der Waals surface area contributed by atoms with E-state index in [1.807, 2.05) is 0 Å². The molecule has 0 spiro atoms. The Bertz CT molecular complexity index is 876. The zero-order valence-corrected chi connectivity index (χ0v) is 16.4. The molecule has 2 N–H and O–H groups in total. The van der Waals surface area contributed by atoms with Crippen LogP contribution in [0.2, 0.25) is 0 Å². The van der Waals surface area contributed by atoms with Crippen molar-refractivity contribution in [1.29, 1.82) is 0 Å². The molecule has 12 heteroatoms. The van der Waals surface area contributed by atoms with Gasteiger partial charge in [-0.25, -0.2) is 14.8 Å². The van der Waals surface area contributed by atoms with Crippen molar-refractivity contribution in [3.05, 3.63) is 35.1 Å². The third-order valence-electron chi connectivity index (χ3n) is 4.07. The minimum atomic E-state index is -4.85. The number of alkyl halides is 3. The van der Waals surface area contributed by atoms with Gasteiger partial charge in [0, 0.05) is 36.5 Å². The number of carboxylic acid groups (broad SMARTS) is 1. The molecule has 1 saturated heterocycles. The quantitative estimate of drug-likeness (QED) is 0.659. The molecule has 2 heterocycles. The van der Waals surface area contributed by atoms with E-state index in [2.05, 4.69) is 36.0 Å². The number of aromatic nitrogens is 2. The first-order valence-corrected chi connectivity index (χ1v) is 9.28. The number of hydrogen-bond donors (Lipinski definition) is 2. The second kappa shape index (κ2) is 8.72. The van der Waals surface area contributed by atoms with Crippen molar-refractivity contribution in [2.24, 2.45) is 0 Å². The van der Waals surface area contributed by atoms with Crippen LogP contribution in [-0.2, 0) is 0 Å². The zero-order valence-electron chi connectivity index (χ0n) is 14.8. The first-order valence-electron chi connectivity index (χ1n) is 8.48. The summed E-state index contributed by atoms with van der Waals surface area (Å²) in [6.07, 6.45) is -3.80. The topological polar surface area (TPSA) is 96.8 Å². The highest BCUT2D eigenvalue weighted by atomic mass is 79.9. The fourth-order valence-corrected chi connectivity index (χ4v) is 3.09. The van der Waals surface area contributed by atoms with Gasteiger partial charge in [0.15, 0.2) is 5.75 Å². The monoisotopic (exact) mass is 476 g/mol. The molecule has 1 aliphatic rings. The first kappa shape index (κ1) is 21.0. The number of amides is 1. The number of anilines is 2. The number of carbonyl (C=O) groups is 1. The summed E-state index contributed by atoms with van der Waals surface area (Å²) in [6, 6.07) is 5.60. The maximum Gasteiger partial charge on any atom is 0.573 e. The fourth-order valence-electron chi connectivity index (χ4n) is 2.75. The van der Waals surface area contributed by atoms with Crippen LogP contribution in [0.5, 0.6) is 11.6 Å². The van der Waals surface area contributed by atoms with Crippen LogP contribution >= 0.6 is 15.9 Å². The minimum absolute atomic E-state index is 0.0601. The number of benzene rings is 1. The maximum absolute atomic E-state index is 12.6.